The number of aromatic carboxylic acids is 1. The van der Waals surface area contributed by atoms with Crippen molar-refractivity contribution < 1.29 is 19.4 Å². The molecule has 0 aliphatic carbocycles. The van der Waals surface area contributed by atoms with Crippen LogP contribution in [-0.2, 0) is 22.5 Å². The Bertz CT molecular complexity index is 1160. The van der Waals surface area contributed by atoms with Crippen molar-refractivity contribution >= 4 is 28.9 Å². The molecule has 3 aromatic rings. The summed E-state index contributed by atoms with van der Waals surface area (Å²) in [6.07, 6.45) is 6.05. The lowest BCUT2D eigenvalue weighted by Crippen LogP contribution is -2.24. The van der Waals surface area contributed by atoms with Gasteiger partial charge in [0.25, 0.3) is 0 Å². The number of hydrogen-bond acceptors (Lipinski definition) is 3. The molecule has 0 fully saturated rings. The van der Waals surface area contributed by atoms with Crippen LogP contribution in [0.5, 0.6) is 0 Å². The Hall–Kier alpha value is -3.34. The van der Waals surface area contributed by atoms with Crippen molar-refractivity contribution in [2.24, 2.45) is 0 Å². The Morgan fingerprint density at radius 1 is 1.09 bits per heavy atom. The molecular weight excluding hydrogens is 402 g/mol. The van der Waals surface area contributed by atoms with Crippen molar-refractivity contribution in [1.82, 2.24) is 4.57 Å². The van der Waals surface area contributed by atoms with Crippen LogP contribution in [0.3, 0.4) is 0 Å². The second kappa shape index (κ2) is 9.43. The van der Waals surface area contributed by atoms with Gasteiger partial charge in [0.1, 0.15) is 5.60 Å². The number of hydrogen-bond donors (Lipinski definition) is 1. The van der Waals surface area contributed by atoms with Gasteiger partial charge >= 0.3 is 11.9 Å². The van der Waals surface area contributed by atoms with E-state index in [1.807, 2.05) is 45.0 Å². The van der Waals surface area contributed by atoms with Crippen LogP contribution in [0.1, 0.15) is 68.1 Å². The summed E-state index contributed by atoms with van der Waals surface area (Å²) < 4.78 is 7.66. The number of fused-ring (bicyclic) bond motifs is 1. The third-order valence-corrected chi connectivity index (χ3v) is 5.17. The third-order valence-electron chi connectivity index (χ3n) is 5.17. The molecule has 0 aliphatic heterocycles. The second-order valence-electron chi connectivity index (χ2n) is 9.14. The number of carbonyl (C=O) groups excluding carboxylic acids is 1. The number of esters is 1. The van der Waals surface area contributed by atoms with Gasteiger partial charge in [-0.3, -0.25) is 0 Å². The predicted octanol–water partition coefficient (Wildman–Crippen LogP) is 6.09. The van der Waals surface area contributed by atoms with E-state index in [0.29, 0.717) is 12.1 Å². The number of benzene rings is 2. The molecule has 0 bridgehead atoms. The molecule has 1 aromatic heterocycles. The number of carbonyl (C=O) groups is 2. The van der Waals surface area contributed by atoms with E-state index in [-0.39, 0.29) is 11.5 Å². The average Bonchev–Trinajstić information content (AvgIpc) is 3.04. The number of aryl methyl sites for hydroxylation is 1. The molecule has 5 heteroatoms. The number of carboxylic acid groups (broad SMARTS) is 1. The minimum Gasteiger partial charge on any atom is -0.478 e. The zero-order valence-electron chi connectivity index (χ0n) is 19.4. The summed E-state index contributed by atoms with van der Waals surface area (Å²) in [4.78, 5) is 23.5. The maximum absolute atomic E-state index is 12.4. The molecule has 3 rings (SSSR count). The largest absolute Gasteiger partial charge is 0.478 e. The van der Waals surface area contributed by atoms with E-state index in [1.54, 1.807) is 19.1 Å². The van der Waals surface area contributed by atoms with Crippen LogP contribution in [0.2, 0.25) is 0 Å². The fourth-order valence-electron chi connectivity index (χ4n) is 3.69. The normalized spacial score (nSPS) is 12.2. The Kier molecular flexibility index (Phi) is 6.87. The molecule has 2 aromatic carbocycles. The second-order valence-corrected chi connectivity index (χ2v) is 9.14. The molecule has 0 aliphatic rings. The zero-order chi connectivity index (χ0) is 23.5. The van der Waals surface area contributed by atoms with Crippen molar-refractivity contribution in [2.45, 2.75) is 59.6 Å². The fourth-order valence-corrected chi connectivity index (χ4v) is 3.69. The lowest BCUT2D eigenvalue weighted by atomic mass is 10.1. The quantitative estimate of drug-likeness (QED) is 0.362. The molecule has 0 radical (unpaired) electrons. The van der Waals surface area contributed by atoms with Gasteiger partial charge in [-0.05, 0) is 75.1 Å². The summed E-state index contributed by atoms with van der Waals surface area (Å²) in [6.45, 7) is 10.1. The summed E-state index contributed by atoms with van der Waals surface area (Å²) in [5, 5.41) is 10.3. The van der Waals surface area contributed by atoms with Gasteiger partial charge < -0.3 is 14.4 Å². The number of aromatic nitrogens is 1. The average molecular weight is 434 g/mol. The van der Waals surface area contributed by atoms with Gasteiger partial charge in [-0.15, -0.1) is 0 Å². The van der Waals surface area contributed by atoms with Crippen molar-refractivity contribution in [1.29, 1.82) is 0 Å². The molecule has 1 heterocycles. The standard InChI is InChI=1S/C27H31NO4/c1-6-7-22-17-28(16-19-8-11-21(12-9-19)25(29)30)24-15-20(10-13-23(22)24)14-18(2)26(31)32-27(3,4)5/h8-15,17H,6-7,16H2,1-5H3,(H,29,30)/b18-14+. The Labute approximate surface area is 189 Å². The van der Waals surface area contributed by atoms with Gasteiger partial charge in [0.2, 0.25) is 0 Å². The van der Waals surface area contributed by atoms with E-state index in [9.17, 15) is 9.59 Å². The maximum atomic E-state index is 12.4. The topological polar surface area (TPSA) is 68.5 Å². The van der Waals surface area contributed by atoms with Crippen molar-refractivity contribution in [3.63, 3.8) is 0 Å². The molecule has 32 heavy (non-hydrogen) atoms. The SMILES string of the molecule is CCCc1cn(Cc2ccc(C(=O)O)cc2)c2cc(/C=C(\C)C(=O)OC(C)(C)C)ccc12. The van der Waals surface area contributed by atoms with Crippen LogP contribution in [0, 0.1) is 0 Å². The highest BCUT2D eigenvalue weighted by atomic mass is 16.6. The summed E-state index contributed by atoms with van der Waals surface area (Å²) in [5.41, 5.74) is 4.63. The molecule has 0 saturated heterocycles. The van der Waals surface area contributed by atoms with Crippen molar-refractivity contribution in [2.75, 3.05) is 0 Å². The molecular formula is C27H31NO4. The van der Waals surface area contributed by atoms with E-state index >= 15 is 0 Å². The van der Waals surface area contributed by atoms with Crippen LogP contribution in [0.4, 0.5) is 0 Å². The van der Waals surface area contributed by atoms with Crippen LogP contribution in [0.25, 0.3) is 17.0 Å². The van der Waals surface area contributed by atoms with Gasteiger partial charge in [-0.25, -0.2) is 9.59 Å². The Morgan fingerprint density at radius 3 is 2.38 bits per heavy atom. The van der Waals surface area contributed by atoms with Gasteiger partial charge in [0, 0.05) is 29.2 Å². The molecule has 0 spiro atoms. The minimum absolute atomic E-state index is 0.280. The van der Waals surface area contributed by atoms with Crippen molar-refractivity contribution in [3.8, 4) is 0 Å². The first-order valence-corrected chi connectivity index (χ1v) is 10.9. The van der Waals surface area contributed by atoms with Gasteiger partial charge in [-0.1, -0.05) is 37.6 Å². The van der Waals surface area contributed by atoms with Crippen LogP contribution < -0.4 is 0 Å². The van der Waals surface area contributed by atoms with E-state index in [4.69, 9.17) is 9.84 Å². The van der Waals surface area contributed by atoms with Crippen LogP contribution in [0.15, 0.2) is 54.2 Å². The molecule has 0 atom stereocenters. The highest BCUT2D eigenvalue weighted by molar-refractivity contribution is 5.94. The lowest BCUT2D eigenvalue weighted by molar-refractivity contribution is -0.149. The van der Waals surface area contributed by atoms with E-state index < -0.39 is 11.6 Å². The monoisotopic (exact) mass is 433 g/mol. The number of carboxylic acids is 1. The van der Waals surface area contributed by atoms with Crippen LogP contribution >= 0.6 is 0 Å². The van der Waals surface area contributed by atoms with Crippen LogP contribution in [-0.4, -0.2) is 27.2 Å². The molecule has 0 unspecified atom stereocenters. The molecule has 0 amide bonds. The first kappa shape index (κ1) is 23.3. The van der Waals surface area contributed by atoms with E-state index in [0.717, 1.165) is 29.5 Å². The van der Waals surface area contributed by atoms with Gasteiger partial charge in [0.05, 0.1) is 5.56 Å². The fraction of sp³-hybridized carbons (Fsp3) is 0.333. The van der Waals surface area contributed by atoms with Gasteiger partial charge in [-0.2, -0.15) is 0 Å². The first-order valence-electron chi connectivity index (χ1n) is 10.9. The highest BCUT2D eigenvalue weighted by Gasteiger charge is 2.17. The maximum Gasteiger partial charge on any atom is 0.335 e. The molecule has 5 nitrogen and oxygen atoms in total. The first-order chi connectivity index (χ1) is 15.1. The Balaban J connectivity index is 1.96. The summed E-state index contributed by atoms with van der Waals surface area (Å²) in [5.74, 6) is -1.25. The van der Waals surface area contributed by atoms with Gasteiger partial charge in [0.15, 0.2) is 0 Å². The third kappa shape index (κ3) is 5.67. The highest BCUT2D eigenvalue weighted by Crippen LogP contribution is 2.26. The number of ether oxygens (including phenoxy) is 1. The number of nitrogens with zero attached hydrogens (tertiary/aromatic N) is 1. The summed E-state index contributed by atoms with van der Waals surface area (Å²) in [6, 6.07) is 13.2. The summed E-state index contributed by atoms with van der Waals surface area (Å²) in [7, 11) is 0. The lowest BCUT2D eigenvalue weighted by Gasteiger charge is -2.19. The molecule has 0 saturated carbocycles. The molecule has 1 N–H and O–H groups in total. The van der Waals surface area contributed by atoms with E-state index in [2.05, 4.69) is 29.8 Å². The predicted molar refractivity (Wildman–Crippen MR) is 128 cm³/mol. The smallest absolute Gasteiger partial charge is 0.335 e. The zero-order valence-corrected chi connectivity index (χ0v) is 19.4. The van der Waals surface area contributed by atoms with E-state index in [1.165, 1.54) is 10.9 Å². The Morgan fingerprint density at radius 2 is 1.78 bits per heavy atom. The number of rotatable bonds is 7. The molecule has 168 valence electrons. The van der Waals surface area contributed by atoms with Crippen molar-refractivity contribution in [3.05, 3.63) is 76.5 Å². The summed E-state index contributed by atoms with van der Waals surface area (Å²) >= 11 is 0. The minimum atomic E-state index is -0.926.